The van der Waals surface area contributed by atoms with Crippen molar-refractivity contribution in [2.45, 2.75) is 24.8 Å². The predicted octanol–water partition coefficient (Wildman–Crippen LogP) is 2.83. The quantitative estimate of drug-likeness (QED) is 0.451. The van der Waals surface area contributed by atoms with Gasteiger partial charge in [0.05, 0.1) is 10.1 Å². The minimum Gasteiger partial charge on any atom is -0.748 e. The van der Waals surface area contributed by atoms with Gasteiger partial charge >= 0.3 is 6.18 Å². The topological polar surface area (TPSA) is 70.1 Å². The molecule has 1 fully saturated rings. The average molecular weight is 378 g/mol. The Bertz CT molecular complexity index is 594. The first-order valence-electron chi connectivity index (χ1n) is 6.24. The fourth-order valence-corrected chi connectivity index (χ4v) is 4.44. The van der Waals surface area contributed by atoms with Crippen LogP contribution in [-0.2, 0) is 32.9 Å². The van der Waals surface area contributed by atoms with Crippen molar-refractivity contribution in [2.75, 3.05) is 17.8 Å². The Kier molecular flexibility index (Phi) is 6.97. The molecule has 1 aromatic heterocycles. The van der Waals surface area contributed by atoms with Gasteiger partial charge in [-0.05, 0) is 35.9 Å². The molecular formula is C12H15ClF3NO3S2. The maximum atomic E-state index is 12.8. The summed E-state index contributed by atoms with van der Waals surface area (Å²) in [7, 11) is -3.83. The first-order chi connectivity index (χ1) is 9.97. The highest BCUT2D eigenvalue weighted by molar-refractivity contribution is 7.96. The Balaban J connectivity index is 0.000000422. The molecule has 0 atom stereocenters. The third kappa shape index (κ3) is 7.66. The molecule has 0 amide bonds. The third-order valence-corrected chi connectivity index (χ3v) is 5.35. The van der Waals surface area contributed by atoms with Crippen LogP contribution >= 0.6 is 11.6 Å². The summed E-state index contributed by atoms with van der Waals surface area (Å²) in [6.45, 7) is 0. The van der Waals surface area contributed by atoms with E-state index in [2.05, 4.69) is 4.98 Å². The maximum absolute atomic E-state index is 12.8. The molecule has 0 radical (unpaired) electrons. The molecule has 22 heavy (non-hydrogen) atoms. The zero-order chi connectivity index (χ0) is 17.0. The van der Waals surface area contributed by atoms with Crippen molar-refractivity contribution in [1.82, 2.24) is 4.98 Å². The molecule has 0 unspecified atom stereocenters. The zero-order valence-electron chi connectivity index (χ0n) is 11.7. The number of aromatic nitrogens is 1. The van der Waals surface area contributed by atoms with Crippen LogP contribution < -0.4 is 0 Å². The van der Waals surface area contributed by atoms with Crippen molar-refractivity contribution in [3.8, 4) is 0 Å². The van der Waals surface area contributed by atoms with Crippen molar-refractivity contribution >= 4 is 32.6 Å². The summed E-state index contributed by atoms with van der Waals surface area (Å²) < 4.78 is 65.6. The zero-order valence-corrected chi connectivity index (χ0v) is 14.1. The van der Waals surface area contributed by atoms with Crippen molar-refractivity contribution in [3.05, 3.63) is 28.5 Å². The number of halogens is 4. The van der Waals surface area contributed by atoms with Gasteiger partial charge in [-0.25, -0.2) is 13.4 Å². The molecule has 1 aliphatic heterocycles. The fraction of sp³-hybridized carbons (Fsp3) is 0.583. The van der Waals surface area contributed by atoms with E-state index in [0.717, 1.165) is 24.3 Å². The average Bonchev–Trinajstić information content (AvgIpc) is 2.81. The minimum absolute atomic E-state index is 0.0869. The predicted molar refractivity (Wildman–Crippen MR) is 79.9 cm³/mol. The van der Waals surface area contributed by atoms with Gasteiger partial charge in [0.1, 0.15) is 22.4 Å². The lowest BCUT2D eigenvalue weighted by Crippen LogP contribution is -2.16. The summed E-state index contributed by atoms with van der Waals surface area (Å²) in [5.41, 5.74) is -0.531. The second-order valence-electron chi connectivity index (χ2n) is 4.72. The van der Waals surface area contributed by atoms with E-state index >= 15 is 0 Å². The van der Waals surface area contributed by atoms with E-state index in [1.54, 1.807) is 0 Å². The molecule has 126 valence electrons. The molecule has 0 saturated carbocycles. The normalized spacial score (nSPS) is 16.3. The molecule has 0 aromatic carbocycles. The van der Waals surface area contributed by atoms with Crippen LogP contribution in [0.5, 0.6) is 0 Å². The van der Waals surface area contributed by atoms with Gasteiger partial charge < -0.3 is 4.55 Å². The first kappa shape index (κ1) is 19.5. The van der Waals surface area contributed by atoms with Crippen LogP contribution in [0.4, 0.5) is 13.2 Å². The Hall–Kier alpha value is -0.510. The van der Waals surface area contributed by atoms with Gasteiger partial charge in [0, 0.05) is 11.8 Å². The molecule has 0 aliphatic carbocycles. The molecule has 2 heterocycles. The standard InChI is InChI=1S/C11H12ClF3NS.CH4O3S/c12-9-4-3-8(7-17-5-1-2-6-17)10(16-9)11(13,14)15;1-5(2,3)4/h3-4H,1-2,5-7H2;1H3,(H,2,3,4)/q+1;/p-1. The third-order valence-electron chi connectivity index (χ3n) is 2.69. The molecule has 10 heteroatoms. The number of nitrogens with zero attached hydrogens (tertiary/aromatic N) is 1. The van der Waals surface area contributed by atoms with Crippen molar-refractivity contribution < 1.29 is 26.1 Å². The highest BCUT2D eigenvalue weighted by Gasteiger charge is 2.38. The molecule has 4 nitrogen and oxygen atoms in total. The van der Waals surface area contributed by atoms with Gasteiger partial charge in [0.25, 0.3) is 0 Å². The van der Waals surface area contributed by atoms with Crippen molar-refractivity contribution in [3.63, 3.8) is 0 Å². The van der Waals surface area contributed by atoms with E-state index < -0.39 is 22.0 Å². The molecule has 1 aromatic rings. The minimum atomic E-state index is -4.41. The summed E-state index contributed by atoms with van der Waals surface area (Å²) in [4.78, 5) is 3.43. The van der Waals surface area contributed by atoms with Crippen LogP contribution in [0.3, 0.4) is 0 Å². The molecule has 1 aliphatic rings. The van der Waals surface area contributed by atoms with Gasteiger partial charge in [-0.1, -0.05) is 11.6 Å². The van der Waals surface area contributed by atoms with Gasteiger partial charge in [-0.15, -0.1) is 0 Å². The summed E-state index contributed by atoms with van der Waals surface area (Å²) >= 11 is 5.53. The van der Waals surface area contributed by atoms with Crippen LogP contribution in [0, 0.1) is 0 Å². The number of rotatable bonds is 2. The van der Waals surface area contributed by atoms with Gasteiger partial charge in [0.15, 0.2) is 5.69 Å². The van der Waals surface area contributed by atoms with Crippen molar-refractivity contribution in [2.24, 2.45) is 0 Å². The number of pyridine rings is 1. The highest BCUT2D eigenvalue weighted by atomic mass is 35.5. The smallest absolute Gasteiger partial charge is 0.433 e. The first-order valence-corrected chi connectivity index (χ1v) is 10.2. The lowest BCUT2D eigenvalue weighted by atomic mass is 10.2. The second kappa shape index (κ2) is 7.85. The second-order valence-corrected chi connectivity index (χ2v) is 8.84. The largest absolute Gasteiger partial charge is 0.748 e. The highest BCUT2D eigenvalue weighted by Crippen LogP contribution is 2.33. The van der Waals surface area contributed by atoms with Crippen LogP contribution in [0.2, 0.25) is 5.15 Å². The SMILES string of the molecule is CS(=O)(=O)[O-].FC(F)(F)c1nc(Cl)ccc1C[S+]1CCCC1. The molecule has 2 rings (SSSR count). The van der Waals surface area contributed by atoms with E-state index in [-0.39, 0.29) is 21.6 Å². The van der Waals surface area contributed by atoms with E-state index in [0.29, 0.717) is 12.0 Å². The Morgan fingerprint density at radius 2 is 1.82 bits per heavy atom. The van der Waals surface area contributed by atoms with E-state index in [1.807, 2.05) is 0 Å². The van der Waals surface area contributed by atoms with Gasteiger partial charge in [0.2, 0.25) is 0 Å². The van der Waals surface area contributed by atoms with Crippen molar-refractivity contribution in [1.29, 1.82) is 0 Å². The lowest BCUT2D eigenvalue weighted by Gasteiger charge is -2.11. The summed E-state index contributed by atoms with van der Waals surface area (Å²) in [5.74, 6) is 2.57. The Morgan fingerprint density at radius 3 is 2.27 bits per heavy atom. The molecule has 0 bridgehead atoms. The number of hydrogen-bond acceptors (Lipinski definition) is 4. The van der Waals surface area contributed by atoms with E-state index in [4.69, 9.17) is 24.6 Å². The van der Waals surface area contributed by atoms with E-state index in [1.165, 1.54) is 12.1 Å². The molecule has 0 spiro atoms. The summed E-state index contributed by atoms with van der Waals surface area (Å²) in [5, 5.41) is -0.101. The van der Waals surface area contributed by atoms with Gasteiger partial charge in [-0.2, -0.15) is 13.2 Å². The Labute approximate surface area is 135 Å². The van der Waals surface area contributed by atoms with Crippen LogP contribution in [0.25, 0.3) is 0 Å². The summed E-state index contributed by atoms with van der Waals surface area (Å²) in [6, 6.07) is 2.90. The Morgan fingerprint density at radius 1 is 1.32 bits per heavy atom. The number of hydrogen-bond donors (Lipinski definition) is 0. The summed E-state index contributed by atoms with van der Waals surface area (Å²) in [6.07, 6.45) is -1.55. The maximum Gasteiger partial charge on any atom is 0.433 e. The molecule has 1 saturated heterocycles. The van der Waals surface area contributed by atoms with Crippen LogP contribution in [0.15, 0.2) is 12.1 Å². The monoisotopic (exact) mass is 377 g/mol. The molecular weight excluding hydrogens is 363 g/mol. The van der Waals surface area contributed by atoms with Crippen LogP contribution in [0.1, 0.15) is 24.1 Å². The lowest BCUT2D eigenvalue weighted by molar-refractivity contribution is -0.141. The fourth-order valence-electron chi connectivity index (χ4n) is 1.90. The number of alkyl halides is 3. The van der Waals surface area contributed by atoms with E-state index in [9.17, 15) is 13.2 Å². The molecule has 0 N–H and O–H groups in total. The van der Waals surface area contributed by atoms with Crippen LogP contribution in [-0.4, -0.2) is 35.7 Å². The van der Waals surface area contributed by atoms with Gasteiger partial charge in [-0.3, -0.25) is 0 Å².